The molecule has 150 valence electrons. The number of H-pyrrole nitrogens is 1. The SMILES string of the molecule is CCc1cc(=O)oc2nc(ON=C3CCN(C(=O)OC(C)(C)C)C3)[nH]c(=O)c12. The second-order valence-electron chi connectivity index (χ2n) is 7.40. The monoisotopic (exact) mass is 390 g/mol. The van der Waals surface area contributed by atoms with Crippen LogP contribution in [0.2, 0.25) is 0 Å². The summed E-state index contributed by atoms with van der Waals surface area (Å²) in [6.45, 7) is 7.91. The molecule has 2 aromatic heterocycles. The lowest BCUT2D eigenvalue weighted by molar-refractivity contribution is 0.0302. The van der Waals surface area contributed by atoms with Crippen molar-refractivity contribution in [2.24, 2.45) is 5.16 Å². The average molecular weight is 390 g/mol. The molecule has 1 fully saturated rings. The summed E-state index contributed by atoms with van der Waals surface area (Å²) in [6, 6.07) is 1.07. The van der Waals surface area contributed by atoms with Gasteiger partial charge in [0.1, 0.15) is 11.0 Å². The van der Waals surface area contributed by atoms with Crippen molar-refractivity contribution in [1.29, 1.82) is 0 Å². The van der Waals surface area contributed by atoms with Crippen molar-refractivity contribution in [2.45, 2.75) is 46.1 Å². The van der Waals surface area contributed by atoms with Crippen LogP contribution in [0.15, 0.2) is 25.2 Å². The second-order valence-corrected chi connectivity index (χ2v) is 7.40. The summed E-state index contributed by atoms with van der Waals surface area (Å²) in [5.41, 5.74) is -0.626. The maximum absolute atomic E-state index is 12.3. The molecule has 3 heterocycles. The maximum atomic E-state index is 12.3. The Morgan fingerprint density at radius 1 is 1.39 bits per heavy atom. The highest BCUT2D eigenvalue weighted by Gasteiger charge is 2.28. The van der Waals surface area contributed by atoms with Gasteiger partial charge in [0, 0.05) is 19.0 Å². The van der Waals surface area contributed by atoms with Gasteiger partial charge in [0.05, 0.1) is 12.3 Å². The van der Waals surface area contributed by atoms with Crippen molar-refractivity contribution in [1.82, 2.24) is 14.9 Å². The van der Waals surface area contributed by atoms with E-state index in [9.17, 15) is 14.4 Å². The Kier molecular flexibility index (Phi) is 5.21. The van der Waals surface area contributed by atoms with E-state index < -0.39 is 22.9 Å². The summed E-state index contributed by atoms with van der Waals surface area (Å²) < 4.78 is 10.3. The lowest BCUT2D eigenvalue weighted by Crippen LogP contribution is -2.35. The molecule has 0 spiro atoms. The number of ether oxygens (including phenoxy) is 1. The highest BCUT2D eigenvalue weighted by molar-refractivity contribution is 5.91. The van der Waals surface area contributed by atoms with E-state index in [1.165, 1.54) is 11.0 Å². The number of carbonyl (C=O) groups is 1. The number of carbonyl (C=O) groups excluding carboxylic acids is 1. The van der Waals surface area contributed by atoms with E-state index in [2.05, 4.69) is 15.1 Å². The number of fused-ring (bicyclic) bond motifs is 1. The first-order valence-corrected chi connectivity index (χ1v) is 8.94. The predicted octanol–water partition coefficient (Wildman–Crippen LogP) is 1.81. The van der Waals surface area contributed by atoms with Crippen molar-refractivity contribution < 1.29 is 18.8 Å². The van der Waals surface area contributed by atoms with Crippen LogP contribution in [0.25, 0.3) is 11.1 Å². The average Bonchev–Trinajstić information content (AvgIpc) is 3.06. The van der Waals surface area contributed by atoms with E-state index in [1.807, 2.05) is 6.92 Å². The van der Waals surface area contributed by atoms with Gasteiger partial charge in [-0.3, -0.25) is 9.78 Å². The predicted molar refractivity (Wildman–Crippen MR) is 101 cm³/mol. The number of aromatic amines is 1. The van der Waals surface area contributed by atoms with Crippen LogP contribution in [-0.2, 0) is 11.2 Å². The molecule has 28 heavy (non-hydrogen) atoms. The molecule has 1 saturated heterocycles. The standard InChI is InChI=1S/C18H22N4O6/c1-5-10-8-12(23)26-15-13(10)14(24)19-16(20-15)28-21-11-6-7-22(9-11)17(25)27-18(2,3)4/h8H,5-7,9H2,1-4H3,(H,19,20,24). The normalized spacial score (nSPS) is 16.0. The largest absolute Gasteiger partial charge is 0.444 e. The zero-order chi connectivity index (χ0) is 20.5. The van der Waals surface area contributed by atoms with Gasteiger partial charge in [-0.25, -0.2) is 9.59 Å². The quantitative estimate of drug-likeness (QED) is 0.792. The van der Waals surface area contributed by atoms with E-state index >= 15 is 0 Å². The van der Waals surface area contributed by atoms with Gasteiger partial charge in [-0.2, -0.15) is 4.98 Å². The summed E-state index contributed by atoms with van der Waals surface area (Å²) in [4.78, 5) is 49.2. The van der Waals surface area contributed by atoms with Gasteiger partial charge < -0.3 is 18.9 Å². The fraction of sp³-hybridized carbons (Fsp3) is 0.500. The van der Waals surface area contributed by atoms with Gasteiger partial charge in [-0.1, -0.05) is 12.1 Å². The van der Waals surface area contributed by atoms with Gasteiger partial charge in [-0.05, 0) is 32.8 Å². The number of hydrogen-bond donors (Lipinski definition) is 1. The highest BCUT2D eigenvalue weighted by atomic mass is 16.6. The molecule has 0 aliphatic carbocycles. The van der Waals surface area contributed by atoms with Crippen molar-refractivity contribution in [3.63, 3.8) is 0 Å². The Hall–Kier alpha value is -3.17. The molecule has 3 rings (SSSR count). The number of likely N-dealkylation sites (tertiary alicyclic amines) is 1. The Labute approximate surface area is 160 Å². The molecular formula is C18H22N4O6. The molecule has 0 bridgehead atoms. The van der Waals surface area contributed by atoms with Crippen LogP contribution in [0.4, 0.5) is 4.79 Å². The number of hydrogen-bond acceptors (Lipinski definition) is 8. The molecular weight excluding hydrogens is 368 g/mol. The van der Waals surface area contributed by atoms with Crippen LogP contribution in [-0.4, -0.2) is 45.4 Å². The summed E-state index contributed by atoms with van der Waals surface area (Å²) in [5, 5.41) is 4.16. The lowest BCUT2D eigenvalue weighted by atomic mass is 10.1. The molecule has 10 heteroatoms. The second kappa shape index (κ2) is 7.45. The third-order valence-electron chi connectivity index (χ3n) is 4.01. The molecule has 1 N–H and O–H groups in total. The van der Waals surface area contributed by atoms with E-state index in [-0.39, 0.29) is 23.7 Å². The van der Waals surface area contributed by atoms with Gasteiger partial charge in [0.2, 0.25) is 5.71 Å². The van der Waals surface area contributed by atoms with Gasteiger partial charge in [0.25, 0.3) is 5.56 Å². The van der Waals surface area contributed by atoms with Crippen LogP contribution in [0.1, 0.15) is 39.7 Å². The van der Waals surface area contributed by atoms with Gasteiger partial charge >= 0.3 is 17.7 Å². The van der Waals surface area contributed by atoms with Crippen LogP contribution in [0, 0.1) is 0 Å². The maximum Gasteiger partial charge on any atom is 0.410 e. The molecule has 1 aliphatic heterocycles. The summed E-state index contributed by atoms with van der Waals surface area (Å²) in [7, 11) is 0. The highest BCUT2D eigenvalue weighted by Crippen LogP contribution is 2.16. The van der Waals surface area contributed by atoms with Gasteiger partial charge in [-0.15, -0.1) is 0 Å². The fourth-order valence-corrected chi connectivity index (χ4v) is 2.76. The number of amides is 1. The minimum Gasteiger partial charge on any atom is -0.444 e. The molecule has 2 aromatic rings. The molecule has 1 amide bonds. The Morgan fingerprint density at radius 3 is 2.82 bits per heavy atom. The molecule has 0 atom stereocenters. The van der Waals surface area contributed by atoms with Gasteiger partial charge in [0.15, 0.2) is 0 Å². The zero-order valence-corrected chi connectivity index (χ0v) is 16.2. The van der Waals surface area contributed by atoms with E-state index in [0.717, 1.165) is 0 Å². The molecule has 1 aliphatic rings. The van der Waals surface area contributed by atoms with Crippen LogP contribution < -0.4 is 16.0 Å². The Morgan fingerprint density at radius 2 is 2.14 bits per heavy atom. The Bertz CT molecular complexity index is 1050. The van der Waals surface area contributed by atoms with E-state index in [1.54, 1.807) is 20.8 Å². The van der Waals surface area contributed by atoms with E-state index in [4.69, 9.17) is 14.0 Å². The number of rotatable bonds is 3. The number of nitrogens with one attached hydrogen (secondary N) is 1. The zero-order valence-electron chi connectivity index (χ0n) is 16.2. The first kappa shape index (κ1) is 19.6. The van der Waals surface area contributed by atoms with E-state index in [0.29, 0.717) is 30.7 Å². The lowest BCUT2D eigenvalue weighted by Gasteiger charge is -2.23. The van der Waals surface area contributed by atoms with Crippen molar-refractivity contribution in [3.05, 3.63) is 32.4 Å². The van der Waals surface area contributed by atoms with Crippen LogP contribution in [0.5, 0.6) is 6.01 Å². The number of oxime groups is 1. The third kappa shape index (κ3) is 4.38. The molecule has 0 radical (unpaired) electrons. The van der Waals surface area contributed by atoms with Crippen molar-refractivity contribution in [3.8, 4) is 6.01 Å². The summed E-state index contributed by atoms with van der Waals surface area (Å²) >= 11 is 0. The summed E-state index contributed by atoms with van der Waals surface area (Å²) in [6.07, 6.45) is 0.561. The van der Waals surface area contributed by atoms with Crippen LogP contribution in [0.3, 0.4) is 0 Å². The molecule has 0 saturated carbocycles. The number of aryl methyl sites for hydroxylation is 1. The minimum atomic E-state index is -0.594. The van der Waals surface area contributed by atoms with Crippen molar-refractivity contribution >= 4 is 22.9 Å². The first-order valence-electron chi connectivity index (χ1n) is 8.94. The Balaban J connectivity index is 1.76. The molecule has 10 nitrogen and oxygen atoms in total. The molecule has 0 aromatic carbocycles. The number of nitrogens with zero attached hydrogens (tertiary/aromatic N) is 3. The van der Waals surface area contributed by atoms with Crippen LogP contribution >= 0.6 is 0 Å². The topological polar surface area (TPSA) is 127 Å². The third-order valence-corrected chi connectivity index (χ3v) is 4.01. The summed E-state index contributed by atoms with van der Waals surface area (Å²) in [5.74, 6) is 0. The van der Waals surface area contributed by atoms with Crippen molar-refractivity contribution in [2.75, 3.05) is 13.1 Å². The number of aromatic nitrogens is 2. The smallest absolute Gasteiger partial charge is 0.410 e. The molecule has 0 unspecified atom stereocenters. The fourth-order valence-electron chi connectivity index (χ4n) is 2.76. The first-order chi connectivity index (χ1) is 13.2. The minimum absolute atomic E-state index is 0.106.